The summed E-state index contributed by atoms with van der Waals surface area (Å²) in [4.78, 5) is 1.10. The first-order chi connectivity index (χ1) is 9.31. The summed E-state index contributed by atoms with van der Waals surface area (Å²) in [6.45, 7) is 0.910. The highest BCUT2D eigenvalue weighted by molar-refractivity contribution is 7.98. The van der Waals surface area contributed by atoms with Gasteiger partial charge in [-0.2, -0.15) is 0 Å². The second-order valence-corrected chi connectivity index (χ2v) is 6.21. The lowest BCUT2D eigenvalue weighted by Crippen LogP contribution is -2.15. The number of halogens is 1. The third-order valence-corrected chi connectivity index (χ3v) is 4.64. The maximum absolute atomic E-state index is 6.32. The van der Waals surface area contributed by atoms with Crippen LogP contribution in [0.2, 0.25) is 5.02 Å². The molecular formula is C15H16ClNOS. The predicted octanol–water partition coefficient (Wildman–Crippen LogP) is 4.48. The van der Waals surface area contributed by atoms with Crippen LogP contribution >= 0.6 is 23.4 Å². The molecule has 0 atom stereocenters. The van der Waals surface area contributed by atoms with Crippen LogP contribution in [0.4, 0.5) is 0 Å². The molecule has 0 spiro atoms. The number of rotatable bonds is 6. The SMILES string of the molecule is Clc1cc(CNC2CC2)ccc1SCc1ccco1. The average Bonchev–Trinajstić information content (AvgIpc) is 3.10. The molecular weight excluding hydrogens is 278 g/mol. The maximum Gasteiger partial charge on any atom is 0.113 e. The highest BCUT2D eigenvalue weighted by atomic mass is 35.5. The number of benzene rings is 1. The fraction of sp³-hybridized carbons (Fsp3) is 0.333. The monoisotopic (exact) mass is 293 g/mol. The number of thioether (sulfide) groups is 1. The van der Waals surface area contributed by atoms with Gasteiger partial charge in [-0.15, -0.1) is 11.8 Å². The van der Waals surface area contributed by atoms with Crippen LogP contribution < -0.4 is 5.32 Å². The van der Waals surface area contributed by atoms with Gasteiger partial charge >= 0.3 is 0 Å². The van der Waals surface area contributed by atoms with E-state index in [9.17, 15) is 0 Å². The molecule has 2 aromatic rings. The highest BCUT2D eigenvalue weighted by Crippen LogP contribution is 2.31. The summed E-state index contributed by atoms with van der Waals surface area (Å²) in [6, 6.07) is 10.9. The van der Waals surface area contributed by atoms with E-state index in [1.807, 2.05) is 12.1 Å². The van der Waals surface area contributed by atoms with Gasteiger partial charge in [0.25, 0.3) is 0 Å². The largest absolute Gasteiger partial charge is 0.468 e. The molecule has 4 heteroatoms. The van der Waals surface area contributed by atoms with E-state index in [1.165, 1.54) is 18.4 Å². The first-order valence-corrected chi connectivity index (χ1v) is 7.84. The van der Waals surface area contributed by atoms with Crippen LogP contribution in [0.3, 0.4) is 0 Å². The Kier molecular flexibility index (Phi) is 4.16. The van der Waals surface area contributed by atoms with Gasteiger partial charge in [0.1, 0.15) is 5.76 Å². The number of hydrogen-bond donors (Lipinski definition) is 1. The lowest BCUT2D eigenvalue weighted by Gasteiger charge is -2.07. The third-order valence-electron chi connectivity index (χ3n) is 3.12. The average molecular weight is 294 g/mol. The Balaban J connectivity index is 1.58. The molecule has 1 aromatic carbocycles. The first-order valence-electron chi connectivity index (χ1n) is 6.48. The summed E-state index contributed by atoms with van der Waals surface area (Å²) in [6.07, 6.45) is 4.32. The van der Waals surface area contributed by atoms with Crippen LogP contribution in [0.25, 0.3) is 0 Å². The van der Waals surface area contributed by atoms with E-state index < -0.39 is 0 Å². The quantitative estimate of drug-likeness (QED) is 0.795. The van der Waals surface area contributed by atoms with Gasteiger partial charge in [-0.1, -0.05) is 17.7 Å². The molecule has 2 nitrogen and oxygen atoms in total. The van der Waals surface area contributed by atoms with Crippen LogP contribution in [0.1, 0.15) is 24.2 Å². The summed E-state index contributed by atoms with van der Waals surface area (Å²) < 4.78 is 5.32. The molecule has 1 aliphatic rings. The van der Waals surface area contributed by atoms with Crippen molar-refractivity contribution in [3.05, 3.63) is 52.9 Å². The van der Waals surface area contributed by atoms with Crippen molar-refractivity contribution in [2.75, 3.05) is 0 Å². The van der Waals surface area contributed by atoms with E-state index >= 15 is 0 Å². The van der Waals surface area contributed by atoms with Crippen LogP contribution in [0, 0.1) is 0 Å². The Morgan fingerprint density at radius 1 is 1.32 bits per heavy atom. The van der Waals surface area contributed by atoms with E-state index in [0.29, 0.717) is 0 Å². The van der Waals surface area contributed by atoms with Gasteiger partial charge in [-0.05, 0) is 42.7 Å². The molecule has 0 saturated heterocycles. The molecule has 0 aliphatic heterocycles. The standard InChI is InChI=1S/C15H16ClNOS/c16-14-8-11(9-17-12-4-5-12)3-6-15(14)19-10-13-2-1-7-18-13/h1-3,6-8,12,17H,4-5,9-10H2. The zero-order valence-electron chi connectivity index (χ0n) is 10.6. The number of furan rings is 1. The smallest absolute Gasteiger partial charge is 0.113 e. The zero-order valence-corrected chi connectivity index (χ0v) is 12.1. The lowest BCUT2D eigenvalue weighted by atomic mass is 10.2. The molecule has 1 saturated carbocycles. The molecule has 0 amide bonds. The van der Waals surface area contributed by atoms with Crippen LogP contribution in [-0.2, 0) is 12.3 Å². The summed E-state index contributed by atoms with van der Waals surface area (Å²) >= 11 is 8.03. The van der Waals surface area contributed by atoms with Gasteiger partial charge in [0, 0.05) is 17.5 Å². The minimum absolute atomic E-state index is 0.728. The van der Waals surface area contributed by atoms with Crippen molar-refractivity contribution in [1.29, 1.82) is 0 Å². The van der Waals surface area contributed by atoms with E-state index in [0.717, 1.165) is 34.0 Å². The second kappa shape index (κ2) is 6.04. The Labute approximate surface area is 122 Å². The fourth-order valence-corrected chi connectivity index (χ4v) is 3.05. The Hall–Kier alpha value is -0.900. The van der Waals surface area contributed by atoms with Crippen molar-refractivity contribution < 1.29 is 4.42 Å². The summed E-state index contributed by atoms with van der Waals surface area (Å²) in [5, 5.41) is 4.32. The topological polar surface area (TPSA) is 25.2 Å². The van der Waals surface area contributed by atoms with Gasteiger partial charge < -0.3 is 9.73 Å². The molecule has 100 valence electrons. The zero-order chi connectivity index (χ0) is 13.1. The maximum atomic E-state index is 6.32. The van der Waals surface area contributed by atoms with E-state index in [2.05, 4.69) is 23.5 Å². The Morgan fingerprint density at radius 3 is 2.89 bits per heavy atom. The summed E-state index contributed by atoms with van der Waals surface area (Å²) in [5.74, 6) is 1.78. The predicted molar refractivity (Wildman–Crippen MR) is 79.6 cm³/mol. The van der Waals surface area contributed by atoms with Crippen LogP contribution in [-0.4, -0.2) is 6.04 Å². The fourth-order valence-electron chi connectivity index (χ4n) is 1.86. The molecule has 3 rings (SSSR count). The van der Waals surface area contributed by atoms with E-state index in [-0.39, 0.29) is 0 Å². The lowest BCUT2D eigenvalue weighted by molar-refractivity contribution is 0.530. The van der Waals surface area contributed by atoms with Crippen LogP contribution in [0.15, 0.2) is 45.9 Å². The summed E-state index contributed by atoms with van der Waals surface area (Å²) in [7, 11) is 0. The molecule has 1 aliphatic carbocycles. The van der Waals surface area contributed by atoms with Gasteiger partial charge in [0.05, 0.1) is 17.0 Å². The molecule has 0 unspecified atom stereocenters. The van der Waals surface area contributed by atoms with Crippen molar-refractivity contribution in [2.45, 2.75) is 36.1 Å². The molecule has 19 heavy (non-hydrogen) atoms. The van der Waals surface area contributed by atoms with Gasteiger partial charge in [-0.3, -0.25) is 0 Å². The molecule has 1 N–H and O–H groups in total. The van der Waals surface area contributed by atoms with Gasteiger partial charge in [0.15, 0.2) is 0 Å². The van der Waals surface area contributed by atoms with Crippen molar-refractivity contribution >= 4 is 23.4 Å². The van der Waals surface area contributed by atoms with E-state index in [4.69, 9.17) is 16.0 Å². The highest BCUT2D eigenvalue weighted by Gasteiger charge is 2.19. The van der Waals surface area contributed by atoms with E-state index in [1.54, 1.807) is 18.0 Å². The molecule has 1 aromatic heterocycles. The second-order valence-electron chi connectivity index (χ2n) is 4.79. The molecule has 1 heterocycles. The minimum Gasteiger partial charge on any atom is -0.468 e. The van der Waals surface area contributed by atoms with Crippen molar-refractivity contribution in [3.8, 4) is 0 Å². The van der Waals surface area contributed by atoms with Gasteiger partial charge in [-0.25, -0.2) is 0 Å². The first kappa shape index (κ1) is 13.1. The van der Waals surface area contributed by atoms with Crippen molar-refractivity contribution in [2.24, 2.45) is 0 Å². The van der Waals surface area contributed by atoms with Crippen molar-refractivity contribution in [3.63, 3.8) is 0 Å². The number of nitrogens with one attached hydrogen (secondary N) is 1. The van der Waals surface area contributed by atoms with Crippen LogP contribution in [0.5, 0.6) is 0 Å². The Morgan fingerprint density at radius 2 is 2.21 bits per heavy atom. The molecule has 0 radical (unpaired) electrons. The van der Waals surface area contributed by atoms with Gasteiger partial charge in [0.2, 0.25) is 0 Å². The van der Waals surface area contributed by atoms with Crippen molar-refractivity contribution in [1.82, 2.24) is 5.32 Å². The third kappa shape index (κ3) is 3.78. The minimum atomic E-state index is 0.728. The number of hydrogen-bond acceptors (Lipinski definition) is 3. The molecule has 1 fully saturated rings. The normalized spacial score (nSPS) is 14.8. The molecule has 0 bridgehead atoms. The summed E-state index contributed by atoms with van der Waals surface area (Å²) in [5.41, 5.74) is 1.25. The Bertz CT molecular complexity index is 537.